The average Bonchev–Trinajstić information content (AvgIpc) is 2.40. The summed E-state index contributed by atoms with van der Waals surface area (Å²) in [6.45, 7) is 4.04. The topological polar surface area (TPSA) is 61.4 Å². The van der Waals surface area contributed by atoms with Crippen LogP contribution in [0.25, 0.3) is 0 Å². The maximum Gasteiger partial charge on any atom is 0.255 e. The Hall–Kier alpha value is -1.55. The minimum Gasteiger partial charge on any atom is -0.507 e. The Bertz CT molecular complexity index is 414. The Balaban J connectivity index is 1.96. The van der Waals surface area contributed by atoms with Gasteiger partial charge in [0.15, 0.2) is 0 Å². The van der Waals surface area contributed by atoms with Crippen LogP contribution in [0.4, 0.5) is 0 Å². The van der Waals surface area contributed by atoms with E-state index in [1.54, 1.807) is 18.2 Å². The fourth-order valence-electron chi connectivity index (χ4n) is 2.37. The van der Waals surface area contributed by atoms with Crippen LogP contribution < -0.4 is 10.6 Å². The highest BCUT2D eigenvalue weighted by Gasteiger charge is 2.22. The van der Waals surface area contributed by atoms with E-state index in [9.17, 15) is 9.90 Å². The van der Waals surface area contributed by atoms with Gasteiger partial charge in [-0.25, -0.2) is 0 Å². The Kier molecular flexibility index (Phi) is 4.20. The quantitative estimate of drug-likeness (QED) is 0.760. The van der Waals surface area contributed by atoms with Crippen molar-refractivity contribution >= 4 is 5.91 Å². The molecule has 1 aromatic rings. The van der Waals surface area contributed by atoms with Gasteiger partial charge in [-0.15, -0.1) is 0 Å². The number of para-hydroxylation sites is 1. The Morgan fingerprint density at radius 1 is 1.50 bits per heavy atom. The summed E-state index contributed by atoms with van der Waals surface area (Å²) >= 11 is 0. The molecule has 1 aromatic carbocycles. The third-order valence-corrected chi connectivity index (χ3v) is 3.55. The molecule has 4 heteroatoms. The summed E-state index contributed by atoms with van der Waals surface area (Å²) in [5.41, 5.74) is 0.341. The molecular weight excluding hydrogens is 228 g/mol. The summed E-state index contributed by atoms with van der Waals surface area (Å²) in [7, 11) is 0. The van der Waals surface area contributed by atoms with E-state index in [0.29, 0.717) is 11.5 Å². The van der Waals surface area contributed by atoms with Crippen molar-refractivity contribution in [1.82, 2.24) is 10.6 Å². The van der Waals surface area contributed by atoms with E-state index >= 15 is 0 Å². The first kappa shape index (κ1) is 12.9. The van der Waals surface area contributed by atoms with Gasteiger partial charge in [0, 0.05) is 6.04 Å². The number of benzene rings is 1. The first-order valence-electron chi connectivity index (χ1n) is 6.48. The summed E-state index contributed by atoms with van der Waals surface area (Å²) in [5.74, 6) is 0.295. The van der Waals surface area contributed by atoms with Crippen LogP contribution in [0.15, 0.2) is 24.3 Å². The van der Waals surface area contributed by atoms with Crippen molar-refractivity contribution in [3.63, 3.8) is 0 Å². The first-order valence-corrected chi connectivity index (χ1v) is 6.48. The molecule has 0 radical (unpaired) electrons. The van der Waals surface area contributed by atoms with Crippen LogP contribution in [-0.2, 0) is 0 Å². The smallest absolute Gasteiger partial charge is 0.255 e. The molecule has 1 aliphatic heterocycles. The third kappa shape index (κ3) is 3.01. The Morgan fingerprint density at radius 3 is 2.94 bits per heavy atom. The summed E-state index contributed by atoms with van der Waals surface area (Å²) in [6, 6.07) is 6.74. The zero-order valence-corrected chi connectivity index (χ0v) is 10.6. The second kappa shape index (κ2) is 5.87. The highest BCUT2D eigenvalue weighted by Crippen LogP contribution is 2.18. The van der Waals surface area contributed by atoms with Gasteiger partial charge in [0.05, 0.1) is 5.56 Å². The van der Waals surface area contributed by atoms with Crippen molar-refractivity contribution in [1.29, 1.82) is 0 Å². The summed E-state index contributed by atoms with van der Waals surface area (Å²) in [5, 5.41) is 15.9. The van der Waals surface area contributed by atoms with Gasteiger partial charge >= 0.3 is 0 Å². The molecule has 3 N–H and O–H groups in total. The number of hydrogen-bond acceptors (Lipinski definition) is 3. The van der Waals surface area contributed by atoms with Gasteiger partial charge in [-0.2, -0.15) is 0 Å². The lowest BCUT2D eigenvalue weighted by Gasteiger charge is -2.29. The number of amides is 1. The molecule has 98 valence electrons. The lowest BCUT2D eigenvalue weighted by molar-refractivity contribution is 0.0919. The average molecular weight is 248 g/mol. The molecule has 0 bridgehead atoms. The van der Waals surface area contributed by atoms with E-state index in [-0.39, 0.29) is 17.7 Å². The SMILES string of the molecule is CC(NC(=O)c1ccccc1O)C1CCCNC1. The van der Waals surface area contributed by atoms with E-state index in [2.05, 4.69) is 10.6 Å². The standard InChI is InChI=1S/C14H20N2O2/c1-10(11-5-4-8-15-9-11)16-14(18)12-6-2-3-7-13(12)17/h2-3,6-7,10-11,15,17H,4-5,8-9H2,1H3,(H,16,18). The van der Waals surface area contributed by atoms with Gasteiger partial charge < -0.3 is 15.7 Å². The van der Waals surface area contributed by atoms with Crippen LogP contribution in [0, 0.1) is 5.92 Å². The van der Waals surface area contributed by atoms with E-state index in [1.807, 2.05) is 6.92 Å². The molecule has 2 unspecified atom stereocenters. The molecule has 18 heavy (non-hydrogen) atoms. The number of phenolic OH excluding ortho intramolecular Hbond substituents is 1. The van der Waals surface area contributed by atoms with Gasteiger partial charge in [0.25, 0.3) is 5.91 Å². The second-order valence-electron chi connectivity index (χ2n) is 4.89. The molecule has 2 rings (SSSR count). The fourth-order valence-corrected chi connectivity index (χ4v) is 2.37. The number of rotatable bonds is 3. The van der Waals surface area contributed by atoms with Crippen molar-refractivity contribution < 1.29 is 9.90 Å². The molecule has 0 aliphatic carbocycles. The Morgan fingerprint density at radius 2 is 2.28 bits per heavy atom. The highest BCUT2D eigenvalue weighted by molar-refractivity contribution is 5.96. The molecule has 0 saturated carbocycles. The van der Waals surface area contributed by atoms with Gasteiger partial charge in [0.1, 0.15) is 5.75 Å². The number of phenols is 1. The predicted octanol–water partition coefficient (Wildman–Crippen LogP) is 1.51. The zero-order chi connectivity index (χ0) is 13.0. The van der Waals surface area contributed by atoms with Gasteiger partial charge in [-0.3, -0.25) is 4.79 Å². The lowest BCUT2D eigenvalue weighted by Crippen LogP contribution is -2.44. The first-order chi connectivity index (χ1) is 8.68. The van der Waals surface area contributed by atoms with Crippen LogP contribution in [0.3, 0.4) is 0 Å². The second-order valence-corrected chi connectivity index (χ2v) is 4.89. The number of aromatic hydroxyl groups is 1. The van der Waals surface area contributed by atoms with Gasteiger partial charge in [-0.05, 0) is 50.9 Å². The molecule has 1 aliphatic rings. The fraction of sp³-hybridized carbons (Fsp3) is 0.500. The van der Waals surface area contributed by atoms with Crippen molar-refractivity contribution in [2.45, 2.75) is 25.8 Å². The largest absolute Gasteiger partial charge is 0.507 e. The van der Waals surface area contributed by atoms with Crippen molar-refractivity contribution in [3.8, 4) is 5.75 Å². The van der Waals surface area contributed by atoms with E-state index in [0.717, 1.165) is 25.9 Å². The number of hydrogen-bond donors (Lipinski definition) is 3. The monoisotopic (exact) mass is 248 g/mol. The molecule has 1 heterocycles. The lowest BCUT2D eigenvalue weighted by atomic mass is 9.92. The van der Waals surface area contributed by atoms with E-state index in [4.69, 9.17) is 0 Å². The molecular formula is C14H20N2O2. The van der Waals surface area contributed by atoms with Crippen LogP contribution in [0.2, 0.25) is 0 Å². The third-order valence-electron chi connectivity index (χ3n) is 3.55. The van der Waals surface area contributed by atoms with Crippen LogP contribution in [0.5, 0.6) is 5.75 Å². The molecule has 1 saturated heterocycles. The van der Waals surface area contributed by atoms with Crippen LogP contribution >= 0.6 is 0 Å². The molecule has 4 nitrogen and oxygen atoms in total. The molecule has 2 atom stereocenters. The molecule has 1 fully saturated rings. The maximum absolute atomic E-state index is 12.0. The number of carbonyl (C=O) groups is 1. The Labute approximate surface area is 107 Å². The number of nitrogens with one attached hydrogen (secondary N) is 2. The highest BCUT2D eigenvalue weighted by atomic mass is 16.3. The van der Waals surface area contributed by atoms with E-state index in [1.165, 1.54) is 6.07 Å². The minimum atomic E-state index is -0.203. The van der Waals surface area contributed by atoms with Crippen LogP contribution in [-0.4, -0.2) is 30.1 Å². The summed E-state index contributed by atoms with van der Waals surface area (Å²) in [4.78, 5) is 12.0. The summed E-state index contributed by atoms with van der Waals surface area (Å²) < 4.78 is 0. The predicted molar refractivity (Wildman–Crippen MR) is 70.6 cm³/mol. The van der Waals surface area contributed by atoms with Gasteiger partial charge in [0.2, 0.25) is 0 Å². The number of piperidine rings is 1. The molecule has 1 amide bonds. The van der Waals surface area contributed by atoms with E-state index < -0.39 is 0 Å². The molecule has 0 aromatic heterocycles. The normalized spacial score (nSPS) is 21.3. The van der Waals surface area contributed by atoms with Crippen molar-refractivity contribution in [3.05, 3.63) is 29.8 Å². The van der Waals surface area contributed by atoms with Gasteiger partial charge in [-0.1, -0.05) is 12.1 Å². The number of carbonyl (C=O) groups excluding carboxylic acids is 1. The van der Waals surface area contributed by atoms with Crippen molar-refractivity contribution in [2.75, 3.05) is 13.1 Å². The van der Waals surface area contributed by atoms with Crippen LogP contribution in [0.1, 0.15) is 30.1 Å². The van der Waals surface area contributed by atoms with Crippen molar-refractivity contribution in [2.24, 2.45) is 5.92 Å². The molecule has 0 spiro atoms. The summed E-state index contributed by atoms with van der Waals surface area (Å²) in [6.07, 6.45) is 2.29. The zero-order valence-electron chi connectivity index (χ0n) is 10.6. The minimum absolute atomic E-state index is 0.0315. The maximum atomic E-state index is 12.0.